The average Bonchev–Trinajstić information content (AvgIpc) is 2.63. The van der Waals surface area contributed by atoms with Gasteiger partial charge in [-0.3, -0.25) is 0 Å². The summed E-state index contributed by atoms with van der Waals surface area (Å²) < 4.78 is 18.5. The van der Waals surface area contributed by atoms with E-state index in [1.54, 1.807) is 18.3 Å². The highest BCUT2D eigenvalue weighted by Gasteiger charge is 2.08. The van der Waals surface area contributed by atoms with Crippen molar-refractivity contribution in [1.82, 2.24) is 4.98 Å². The fourth-order valence-corrected chi connectivity index (χ4v) is 1.54. The quantitative estimate of drug-likeness (QED) is 0.791. The van der Waals surface area contributed by atoms with Crippen molar-refractivity contribution < 1.29 is 9.13 Å². The molecule has 2 rings (SSSR count). The molecule has 3 N–H and O–H groups in total. The van der Waals surface area contributed by atoms with Crippen molar-refractivity contribution in [3.05, 3.63) is 35.9 Å². The Morgan fingerprint density at radius 2 is 2.27 bits per heavy atom. The Morgan fingerprint density at radius 3 is 2.93 bits per heavy atom. The zero-order chi connectivity index (χ0) is 10.8. The molecular formula is C11H11FN2O. The number of H-pyrrole nitrogens is 1. The number of methoxy groups -OCH3 is 1. The largest absolute Gasteiger partial charge is 0.497 e. The summed E-state index contributed by atoms with van der Waals surface area (Å²) in [5.74, 6) is 0.160. The Morgan fingerprint density at radius 1 is 1.47 bits per heavy atom. The van der Waals surface area contributed by atoms with E-state index < -0.39 is 0 Å². The first-order valence-corrected chi connectivity index (χ1v) is 4.49. The minimum Gasteiger partial charge on any atom is -0.497 e. The van der Waals surface area contributed by atoms with Crippen molar-refractivity contribution in [3.8, 4) is 5.75 Å². The van der Waals surface area contributed by atoms with Gasteiger partial charge in [0.25, 0.3) is 0 Å². The predicted octanol–water partition coefficient (Wildman–Crippen LogP) is 2.25. The molecule has 1 aromatic carbocycles. The van der Waals surface area contributed by atoms with Crippen molar-refractivity contribution in [1.29, 1.82) is 0 Å². The van der Waals surface area contributed by atoms with Crippen molar-refractivity contribution in [3.63, 3.8) is 0 Å². The van der Waals surface area contributed by atoms with E-state index in [0.29, 0.717) is 11.3 Å². The lowest BCUT2D eigenvalue weighted by Gasteiger charge is -2.01. The maximum Gasteiger partial charge on any atom is 0.150 e. The van der Waals surface area contributed by atoms with Crippen LogP contribution in [0.2, 0.25) is 0 Å². The third kappa shape index (κ3) is 1.54. The number of nitrogens with one attached hydrogen (secondary N) is 1. The van der Waals surface area contributed by atoms with Gasteiger partial charge in [0.1, 0.15) is 5.75 Å². The number of nitrogens with two attached hydrogens (primary N) is 1. The van der Waals surface area contributed by atoms with Crippen LogP contribution in [-0.4, -0.2) is 12.1 Å². The second kappa shape index (κ2) is 3.65. The van der Waals surface area contributed by atoms with E-state index in [9.17, 15) is 4.39 Å². The second-order valence-corrected chi connectivity index (χ2v) is 3.13. The molecule has 0 aliphatic heterocycles. The van der Waals surface area contributed by atoms with Crippen LogP contribution in [0, 0.1) is 5.82 Å². The molecule has 0 aliphatic carbocycles. The van der Waals surface area contributed by atoms with Crippen molar-refractivity contribution >= 4 is 17.0 Å². The summed E-state index contributed by atoms with van der Waals surface area (Å²) in [5, 5.41) is 0.758. The van der Waals surface area contributed by atoms with Crippen LogP contribution in [0.4, 0.5) is 4.39 Å². The van der Waals surface area contributed by atoms with Gasteiger partial charge >= 0.3 is 0 Å². The van der Waals surface area contributed by atoms with E-state index in [0.717, 1.165) is 10.9 Å². The lowest BCUT2D eigenvalue weighted by atomic mass is 10.1. The summed E-state index contributed by atoms with van der Waals surface area (Å²) in [6.45, 7) is 0. The Balaban J connectivity index is 2.72. The maximum absolute atomic E-state index is 13.5. The first-order valence-electron chi connectivity index (χ1n) is 4.49. The summed E-state index contributed by atoms with van der Waals surface area (Å²) >= 11 is 0. The molecule has 0 atom stereocenters. The van der Waals surface area contributed by atoms with Crippen LogP contribution in [0.3, 0.4) is 0 Å². The van der Waals surface area contributed by atoms with Crippen LogP contribution in [0.1, 0.15) is 5.56 Å². The van der Waals surface area contributed by atoms with Crippen LogP contribution < -0.4 is 10.5 Å². The lowest BCUT2D eigenvalue weighted by Crippen LogP contribution is -1.85. The van der Waals surface area contributed by atoms with Gasteiger partial charge in [-0.2, -0.15) is 0 Å². The summed E-state index contributed by atoms with van der Waals surface area (Å²) in [5.41, 5.74) is 6.60. The van der Waals surface area contributed by atoms with Crippen LogP contribution >= 0.6 is 0 Å². The molecule has 0 radical (unpaired) electrons. The molecule has 4 heteroatoms. The number of ether oxygens (including phenoxy) is 1. The van der Waals surface area contributed by atoms with Crippen LogP contribution in [0.25, 0.3) is 17.0 Å². The molecule has 0 spiro atoms. The number of halogens is 1. The van der Waals surface area contributed by atoms with E-state index in [4.69, 9.17) is 10.5 Å². The molecule has 1 heterocycles. The van der Waals surface area contributed by atoms with Gasteiger partial charge < -0.3 is 15.5 Å². The summed E-state index contributed by atoms with van der Waals surface area (Å²) in [6.07, 6.45) is 4.83. The van der Waals surface area contributed by atoms with Gasteiger partial charge in [-0.15, -0.1) is 0 Å². The molecule has 2 aromatic rings. The molecule has 0 saturated heterocycles. The van der Waals surface area contributed by atoms with Gasteiger partial charge in [0.05, 0.1) is 12.6 Å². The minimum absolute atomic E-state index is 0.332. The zero-order valence-corrected chi connectivity index (χ0v) is 8.25. The van der Waals surface area contributed by atoms with Crippen LogP contribution in [0.15, 0.2) is 24.5 Å². The first-order chi connectivity index (χ1) is 7.26. The number of fused-ring (bicyclic) bond motifs is 1. The molecule has 0 unspecified atom stereocenters. The van der Waals surface area contributed by atoms with E-state index in [2.05, 4.69) is 4.98 Å². The van der Waals surface area contributed by atoms with Crippen molar-refractivity contribution in [2.75, 3.05) is 7.11 Å². The number of benzene rings is 1. The number of hydrogen-bond donors (Lipinski definition) is 2. The number of hydrogen-bond acceptors (Lipinski definition) is 2. The number of aromatic nitrogens is 1. The predicted molar refractivity (Wildman–Crippen MR) is 58.0 cm³/mol. The Kier molecular flexibility index (Phi) is 2.33. The third-order valence-corrected chi connectivity index (χ3v) is 2.26. The Labute approximate surface area is 86.3 Å². The molecule has 15 heavy (non-hydrogen) atoms. The molecule has 1 aromatic heterocycles. The molecule has 78 valence electrons. The van der Waals surface area contributed by atoms with Crippen molar-refractivity contribution in [2.45, 2.75) is 0 Å². The SMILES string of the molecule is COc1cc(F)c2[nH]cc(/C=C/N)c2c1. The van der Waals surface area contributed by atoms with Crippen LogP contribution in [0.5, 0.6) is 5.75 Å². The standard InChI is InChI=1S/C11H11FN2O/c1-15-8-4-9-7(2-3-13)6-14-11(9)10(12)5-8/h2-6,14H,13H2,1H3/b3-2+. The first kappa shape index (κ1) is 9.58. The normalized spacial score (nSPS) is 11.3. The molecular weight excluding hydrogens is 195 g/mol. The summed E-state index contributed by atoms with van der Waals surface area (Å²) in [4.78, 5) is 2.86. The molecule has 0 bridgehead atoms. The average molecular weight is 206 g/mol. The fourth-order valence-electron chi connectivity index (χ4n) is 1.54. The highest BCUT2D eigenvalue weighted by atomic mass is 19.1. The summed E-state index contributed by atoms with van der Waals surface area (Å²) in [7, 11) is 1.51. The van der Waals surface area contributed by atoms with Gasteiger partial charge in [-0.1, -0.05) is 0 Å². The van der Waals surface area contributed by atoms with E-state index >= 15 is 0 Å². The highest BCUT2D eigenvalue weighted by molar-refractivity contribution is 5.90. The molecule has 0 fully saturated rings. The number of rotatable bonds is 2. The number of aromatic amines is 1. The second-order valence-electron chi connectivity index (χ2n) is 3.13. The topological polar surface area (TPSA) is 51.0 Å². The molecule has 0 aliphatic rings. The van der Waals surface area contributed by atoms with Gasteiger partial charge in [-0.05, 0) is 18.3 Å². The fraction of sp³-hybridized carbons (Fsp3) is 0.0909. The maximum atomic E-state index is 13.5. The molecule has 3 nitrogen and oxygen atoms in total. The highest BCUT2D eigenvalue weighted by Crippen LogP contribution is 2.27. The monoisotopic (exact) mass is 206 g/mol. The zero-order valence-electron chi connectivity index (χ0n) is 8.25. The minimum atomic E-state index is -0.332. The van der Waals surface area contributed by atoms with Gasteiger partial charge in [0.15, 0.2) is 5.82 Å². The molecule has 0 saturated carbocycles. The Bertz CT molecular complexity index is 517. The Hall–Kier alpha value is -1.97. The van der Waals surface area contributed by atoms with Crippen LogP contribution in [-0.2, 0) is 0 Å². The smallest absolute Gasteiger partial charge is 0.150 e. The van der Waals surface area contributed by atoms with Gasteiger partial charge in [0.2, 0.25) is 0 Å². The van der Waals surface area contributed by atoms with Gasteiger partial charge in [-0.25, -0.2) is 4.39 Å². The lowest BCUT2D eigenvalue weighted by molar-refractivity contribution is 0.412. The molecule has 0 amide bonds. The van der Waals surface area contributed by atoms with Crippen molar-refractivity contribution in [2.24, 2.45) is 5.73 Å². The van der Waals surface area contributed by atoms with E-state index in [1.807, 2.05) is 0 Å². The van der Waals surface area contributed by atoms with E-state index in [-0.39, 0.29) is 5.82 Å². The van der Waals surface area contributed by atoms with Gasteiger partial charge in [0, 0.05) is 23.2 Å². The van der Waals surface area contributed by atoms with E-state index in [1.165, 1.54) is 19.4 Å². The summed E-state index contributed by atoms with van der Waals surface area (Å²) in [6, 6.07) is 3.11. The third-order valence-electron chi connectivity index (χ3n) is 2.26.